The lowest BCUT2D eigenvalue weighted by Gasteiger charge is -2.13. The SMILES string of the molecule is Cc1cc(F)c(S(=O)(=O)NCC2CCC(=O)N2)cc1N. The molecule has 1 fully saturated rings. The van der Waals surface area contributed by atoms with Gasteiger partial charge in [-0.1, -0.05) is 0 Å². The van der Waals surface area contributed by atoms with Gasteiger partial charge >= 0.3 is 0 Å². The van der Waals surface area contributed by atoms with Gasteiger partial charge in [0.05, 0.1) is 0 Å². The number of benzene rings is 1. The average molecular weight is 301 g/mol. The minimum Gasteiger partial charge on any atom is -0.398 e. The molecule has 4 N–H and O–H groups in total. The van der Waals surface area contributed by atoms with Gasteiger partial charge in [-0.05, 0) is 31.0 Å². The highest BCUT2D eigenvalue weighted by atomic mass is 32.2. The molecule has 2 rings (SSSR count). The number of anilines is 1. The van der Waals surface area contributed by atoms with Gasteiger partial charge in [0.25, 0.3) is 0 Å². The minimum absolute atomic E-state index is 0.0291. The monoisotopic (exact) mass is 301 g/mol. The molecule has 0 bridgehead atoms. The first-order valence-corrected chi connectivity index (χ1v) is 7.62. The van der Waals surface area contributed by atoms with Gasteiger partial charge in [-0.3, -0.25) is 4.79 Å². The Morgan fingerprint density at radius 3 is 2.80 bits per heavy atom. The predicted molar refractivity (Wildman–Crippen MR) is 71.9 cm³/mol. The summed E-state index contributed by atoms with van der Waals surface area (Å²) in [5.41, 5.74) is 6.29. The lowest BCUT2D eigenvalue weighted by Crippen LogP contribution is -2.38. The van der Waals surface area contributed by atoms with Crippen LogP contribution in [0.5, 0.6) is 0 Å². The summed E-state index contributed by atoms with van der Waals surface area (Å²) in [4.78, 5) is 10.5. The molecule has 6 nitrogen and oxygen atoms in total. The van der Waals surface area contributed by atoms with Crippen LogP contribution in [0.3, 0.4) is 0 Å². The Bertz CT molecular complexity index is 646. The summed E-state index contributed by atoms with van der Waals surface area (Å²) in [6.45, 7) is 1.62. The second kappa shape index (κ2) is 5.37. The van der Waals surface area contributed by atoms with E-state index in [4.69, 9.17) is 5.73 Å². The predicted octanol–water partition coefficient (Wildman–Crippen LogP) is 0.273. The van der Waals surface area contributed by atoms with Gasteiger partial charge in [-0.15, -0.1) is 0 Å². The van der Waals surface area contributed by atoms with Crippen LogP contribution in [0.1, 0.15) is 18.4 Å². The van der Waals surface area contributed by atoms with Crippen molar-refractivity contribution >= 4 is 21.6 Å². The number of amides is 1. The van der Waals surface area contributed by atoms with Crippen LogP contribution < -0.4 is 15.8 Å². The van der Waals surface area contributed by atoms with Crippen LogP contribution in [-0.2, 0) is 14.8 Å². The van der Waals surface area contributed by atoms with E-state index in [0.29, 0.717) is 18.4 Å². The van der Waals surface area contributed by atoms with Crippen molar-refractivity contribution in [2.45, 2.75) is 30.7 Å². The third kappa shape index (κ3) is 3.07. The van der Waals surface area contributed by atoms with E-state index < -0.39 is 20.7 Å². The third-order valence-corrected chi connectivity index (χ3v) is 4.65. The number of nitrogens with one attached hydrogen (secondary N) is 2. The molecule has 0 aliphatic carbocycles. The van der Waals surface area contributed by atoms with Crippen LogP contribution in [0.25, 0.3) is 0 Å². The smallest absolute Gasteiger partial charge is 0.243 e. The molecule has 1 saturated heterocycles. The van der Waals surface area contributed by atoms with Crippen molar-refractivity contribution < 1.29 is 17.6 Å². The number of halogens is 1. The maximum Gasteiger partial charge on any atom is 0.243 e. The molecule has 110 valence electrons. The quantitative estimate of drug-likeness (QED) is 0.695. The standard InChI is InChI=1S/C12H16FN3O3S/c1-7-4-9(13)11(5-10(7)14)20(18,19)15-6-8-2-3-12(17)16-8/h4-5,8,15H,2-3,6,14H2,1H3,(H,16,17). The van der Waals surface area contributed by atoms with E-state index in [1.54, 1.807) is 6.92 Å². The Kier molecular flexibility index (Phi) is 3.96. The van der Waals surface area contributed by atoms with Gasteiger partial charge in [0.1, 0.15) is 10.7 Å². The summed E-state index contributed by atoms with van der Waals surface area (Å²) < 4.78 is 40.1. The molecule has 0 saturated carbocycles. The Balaban J connectivity index is 2.14. The van der Waals surface area contributed by atoms with E-state index in [1.807, 2.05) is 0 Å². The van der Waals surface area contributed by atoms with Crippen molar-refractivity contribution in [2.75, 3.05) is 12.3 Å². The number of rotatable bonds is 4. The highest BCUT2D eigenvalue weighted by molar-refractivity contribution is 7.89. The Morgan fingerprint density at radius 1 is 1.50 bits per heavy atom. The molecule has 1 aromatic carbocycles. The summed E-state index contributed by atoms with van der Waals surface area (Å²) in [7, 11) is -3.99. The van der Waals surface area contributed by atoms with Crippen LogP contribution >= 0.6 is 0 Å². The molecule has 1 aliphatic rings. The fourth-order valence-corrected chi connectivity index (χ4v) is 3.17. The van der Waals surface area contributed by atoms with Crippen molar-refractivity contribution in [1.29, 1.82) is 0 Å². The van der Waals surface area contributed by atoms with Gasteiger partial charge in [0.2, 0.25) is 15.9 Å². The van der Waals surface area contributed by atoms with Crippen molar-refractivity contribution in [3.63, 3.8) is 0 Å². The van der Waals surface area contributed by atoms with E-state index in [9.17, 15) is 17.6 Å². The maximum absolute atomic E-state index is 13.7. The van der Waals surface area contributed by atoms with Crippen LogP contribution in [0.4, 0.5) is 10.1 Å². The zero-order valence-electron chi connectivity index (χ0n) is 10.9. The highest BCUT2D eigenvalue weighted by Crippen LogP contribution is 2.21. The Morgan fingerprint density at radius 2 is 2.20 bits per heavy atom. The number of nitrogens with two attached hydrogens (primary N) is 1. The summed E-state index contributed by atoms with van der Waals surface area (Å²) in [5.74, 6) is -0.959. The van der Waals surface area contributed by atoms with E-state index >= 15 is 0 Å². The van der Waals surface area contributed by atoms with Crippen LogP contribution in [0.2, 0.25) is 0 Å². The lowest BCUT2D eigenvalue weighted by molar-refractivity contribution is -0.119. The number of carbonyl (C=O) groups is 1. The molecule has 1 unspecified atom stereocenters. The van der Waals surface area contributed by atoms with Gasteiger partial charge in [0, 0.05) is 24.7 Å². The van der Waals surface area contributed by atoms with E-state index in [1.165, 1.54) is 0 Å². The van der Waals surface area contributed by atoms with Crippen LogP contribution in [-0.4, -0.2) is 26.9 Å². The molecule has 1 atom stereocenters. The van der Waals surface area contributed by atoms with Gasteiger partial charge in [0.15, 0.2) is 0 Å². The highest BCUT2D eigenvalue weighted by Gasteiger charge is 2.25. The molecule has 20 heavy (non-hydrogen) atoms. The molecule has 1 amide bonds. The number of hydrogen-bond acceptors (Lipinski definition) is 4. The third-order valence-electron chi connectivity index (χ3n) is 3.21. The molecular formula is C12H16FN3O3S. The molecular weight excluding hydrogens is 285 g/mol. The summed E-state index contributed by atoms with van der Waals surface area (Å²) in [5, 5.41) is 2.63. The van der Waals surface area contributed by atoms with Gasteiger partial charge in [-0.25, -0.2) is 17.5 Å². The summed E-state index contributed by atoms with van der Waals surface area (Å²) >= 11 is 0. The van der Waals surface area contributed by atoms with Crippen molar-refractivity contribution in [2.24, 2.45) is 0 Å². The maximum atomic E-state index is 13.7. The molecule has 0 aromatic heterocycles. The molecule has 8 heteroatoms. The summed E-state index contributed by atoms with van der Waals surface area (Å²) in [6, 6.07) is 1.92. The van der Waals surface area contributed by atoms with Crippen LogP contribution in [0, 0.1) is 12.7 Å². The fraction of sp³-hybridized carbons (Fsp3) is 0.417. The molecule has 0 spiro atoms. The fourth-order valence-electron chi connectivity index (χ4n) is 1.99. The molecule has 1 aromatic rings. The molecule has 0 radical (unpaired) electrons. The largest absolute Gasteiger partial charge is 0.398 e. The average Bonchev–Trinajstić information content (AvgIpc) is 2.77. The van der Waals surface area contributed by atoms with E-state index in [0.717, 1.165) is 12.1 Å². The zero-order valence-corrected chi connectivity index (χ0v) is 11.8. The number of carbonyl (C=O) groups excluding carboxylic acids is 1. The van der Waals surface area contributed by atoms with Crippen molar-refractivity contribution in [1.82, 2.24) is 10.0 Å². The first-order valence-electron chi connectivity index (χ1n) is 6.14. The topological polar surface area (TPSA) is 101 Å². The number of hydrogen-bond donors (Lipinski definition) is 3. The van der Waals surface area contributed by atoms with Gasteiger partial charge < -0.3 is 11.1 Å². The number of aryl methyl sites for hydroxylation is 1. The van der Waals surface area contributed by atoms with Crippen molar-refractivity contribution in [3.8, 4) is 0 Å². The van der Waals surface area contributed by atoms with E-state index in [2.05, 4.69) is 10.0 Å². The first kappa shape index (κ1) is 14.7. The Labute approximate surface area is 116 Å². The minimum atomic E-state index is -3.99. The normalized spacial score (nSPS) is 19.1. The van der Waals surface area contributed by atoms with Crippen molar-refractivity contribution in [3.05, 3.63) is 23.5 Å². The second-order valence-electron chi connectivity index (χ2n) is 4.79. The lowest BCUT2D eigenvalue weighted by atomic mass is 10.2. The summed E-state index contributed by atoms with van der Waals surface area (Å²) in [6.07, 6.45) is 0.929. The van der Waals surface area contributed by atoms with E-state index in [-0.39, 0.29) is 24.2 Å². The number of nitrogen functional groups attached to an aromatic ring is 1. The Hall–Kier alpha value is -1.67. The second-order valence-corrected chi connectivity index (χ2v) is 6.53. The zero-order chi connectivity index (χ0) is 14.9. The van der Waals surface area contributed by atoms with Crippen LogP contribution in [0.15, 0.2) is 17.0 Å². The van der Waals surface area contributed by atoms with Gasteiger partial charge in [-0.2, -0.15) is 0 Å². The molecule has 1 aliphatic heterocycles. The number of sulfonamides is 1. The molecule has 1 heterocycles. The first-order chi connectivity index (χ1) is 9.29.